The molecule has 1 saturated heterocycles. The van der Waals surface area contributed by atoms with Crippen LogP contribution >= 0.6 is 0 Å². The number of ether oxygens (including phenoxy) is 1. The lowest BCUT2D eigenvalue weighted by Gasteiger charge is -2.40. The molecule has 3 heteroatoms. The van der Waals surface area contributed by atoms with E-state index in [0.29, 0.717) is 5.41 Å². The Morgan fingerprint density at radius 1 is 1.47 bits per heavy atom. The van der Waals surface area contributed by atoms with Gasteiger partial charge in [0.25, 0.3) is 0 Å². The molecule has 1 aliphatic rings. The van der Waals surface area contributed by atoms with E-state index >= 15 is 0 Å². The number of hydrogen-bond acceptors (Lipinski definition) is 2. The third-order valence-corrected chi connectivity index (χ3v) is 4.84. The molecule has 1 rings (SSSR count). The SMILES string of the molecule is CCC1(CCCOC=C(C)C)CS(=O)C1. The van der Waals surface area contributed by atoms with Crippen molar-refractivity contribution in [1.82, 2.24) is 0 Å². The molecule has 0 aromatic rings. The highest BCUT2D eigenvalue weighted by Gasteiger charge is 2.40. The molecule has 1 fully saturated rings. The van der Waals surface area contributed by atoms with Crippen LogP contribution in [0.1, 0.15) is 40.0 Å². The highest BCUT2D eigenvalue weighted by Crippen LogP contribution is 2.38. The summed E-state index contributed by atoms with van der Waals surface area (Å²) in [5.41, 5.74) is 1.57. The van der Waals surface area contributed by atoms with Crippen molar-refractivity contribution in [3.63, 3.8) is 0 Å². The molecule has 88 valence electrons. The van der Waals surface area contributed by atoms with Crippen molar-refractivity contribution >= 4 is 10.8 Å². The van der Waals surface area contributed by atoms with Crippen molar-refractivity contribution in [3.05, 3.63) is 11.8 Å². The van der Waals surface area contributed by atoms with E-state index in [1.807, 2.05) is 20.1 Å². The molecule has 0 aromatic carbocycles. The third-order valence-electron chi connectivity index (χ3n) is 2.97. The van der Waals surface area contributed by atoms with Gasteiger partial charge in [-0.25, -0.2) is 0 Å². The molecular formula is C12H22O2S. The summed E-state index contributed by atoms with van der Waals surface area (Å²) in [6.07, 6.45) is 5.21. The minimum Gasteiger partial charge on any atom is -0.501 e. The van der Waals surface area contributed by atoms with Gasteiger partial charge in [0, 0.05) is 22.3 Å². The molecule has 0 atom stereocenters. The van der Waals surface area contributed by atoms with Crippen LogP contribution in [0.5, 0.6) is 0 Å². The van der Waals surface area contributed by atoms with Crippen LogP contribution in [0.25, 0.3) is 0 Å². The largest absolute Gasteiger partial charge is 0.501 e. The van der Waals surface area contributed by atoms with Crippen LogP contribution in [0, 0.1) is 5.41 Å². The number of rotatable bonds is 6. The summed E-state index contributed by atoms with van der Waals surface area (Å²) in [4.78, 5) is 0. The van der Waals surface area contributed by atoms with Gasteiger partial charge in [-0.3, -0.25) is 4.21 Å². The lowest BCUT2D eigenvalue weighted by atomic mass is 9.84. The fraction of sp³-hybridized carbons (Fsp3) is 0.833. The van der Waals surface area contributed by atoms with Crippen LogP contribution in [0.2, 0.25) is 0 Å². The molecule has 1 aliphatic heterocycles. The Morgan fingerprint density at radius 3 is 2.60 bits per heavy atom. The normalized spacial score (nSPS) is 29.4. The Bertz CT molecular complexity index is 246. The number of hydrogen-bond donors (Lipinski definition) is 0. The van der Waals surface area contributed by atoms with Gasteiger partial charge in [0.05, 0.1) is 12.9 Å². The molecule has 0 aliphatic carbocycles. The molecule has 0 N–H and O–H groups in total. The van der Waals surface area contributed by atoms with E-state index in [9.17, 15) is 4.21 Å². The average molecular weight is 230 g/mol. The van der Waals surface area contributed by atoms with Crippen molar-refractivity contribution < 1.29 is 8.95 Å². The minimum atomic E-state index is -0.529. The van der Waals surface area contributed by atoms with Gasteiger partial charge in [-0.15, -0.1) is 0 Å². The minimum absolute atomic E-state index is 0.374. The second-order valence-corrected chi connectivity index (χ2v) is 6.21. The molecule has 0 radical (unpaired) electrons. The first kappa shape index (κ1) is 12.8. The summed E-state index contributed by atoms with van der Waals surface area (Å²) in [7, 11) is -0.529. The maximum Gasteiger partial charge on any atom is 0.0873 e. The van der Waals surface area contributed by atoms with Crippen LogP contribution in [-0.2, 0) is 15.5 Å². The van der Waals surface area contributed by atoms with Crippen molar-refractivity contribution in [2.45, 2.75) is 40.0 Å². The van der Waals surface area contributed by atoms with Crippen LogP contribution in [0.15, 0.2) is 11.8 Å². The van der Waals surface area contributed by atoms with Gasteiger partial charge in [-0.2, -0.15) is 0 Å². The molecule has 15 heavy (non-hydrogen) atoms. The lowest BCUT2D eigenvalue weighted by molar-refractivity contribution is 0.207. The van der Waals surface area contributed by atoms with Crippen LogP contribution in [0.4, 0.5) is 0 Å². The van der Waals surface area contributed by atoms with Crippen LogP contribution in [-0.4, -0.2) is 22.3 Å². The van der Waals surface area contributed by atoms with Crippen molar-refractivity contribution in [2.75, 3.05) is 18.1 Å². The van der Waals surface area contributed by atoms with Crippen molar-refractivity contribution in [2.24, 2.45) is 5.41 Å². The second kappa shape index (κ2) is 5.69. The molecular weight excluding hydrogens is 208 g/mol. The zero-order valence-electron chi connectivity index (χ0n) is 10.0. The summed E-state index contributed by atoms with van der Waals surface area (Å²) in [5.74, 6) is 1.82. The predicted molar refractivity (Wildman–Crippen MR) is 65.2 cm³/mol. The van der Waals surface area contributed by atoms with Gasteiger partial charge in [0.1, 0.15) is 0 Å². The fourth-order valence-corrected chi connectivity index (χ4v) is 3.90. The van der Waals surface area contributed by atoms with E-state index < -0.39 is 10.8 Å². The Morgan fingerprint density at radius 2 is 2.13 bits per heavy atom. The zero-order valence-corrected chi connectivity index (χ0v) is 10.9. The molecule has 0 amide bonds. The van der Waals surface area contributed by atoms with E-state index in [-0.39, 0.29) is 0 Å². The molecule has 0 saturated carbocycles. The van der Waals surface area contributed by atoms with Gasteiger partial charge in [-0.1, -0.05) is 6.92 Å². The highest BCUT2D eigenvalue weighted by atomic mass is 32.2. The Hall–Kier alpha value is -0.310. The maximum absolute atomic E-state index is 11.1. The topological polar surface area (TPSA) is 26.3 Å². The summed E-state index contributed by atoms with van der Waals surface area (Å²) < 4.78 is 16.5. The van der Waals surface area contributed by atoms with E-state index in [1.165, 1.54) is 5.57 Å². The standard InChI is InChI=1S/C12H22O2S/c1-4-12(9-15(13)10-12)6-5-7-14-8-11(2)3/h8H,4-7,9-10H2,1-3H3. The van der Waals surface area contributed by atoms with Gasteiger partial charge >= 0.3 is 0 Å². The van der Waals surface area contributed by atoms with Gasteiger partial charge in [0.15, 0.2) is 0 Å². The molecule has 2 nitrogen and oxygen atoms in total. The molecule has 1 heterocycles. The Balaban J connectivity index is 2.14. The summed E-state index contributed by atoms with van der Waals surface area (Å²) in [5, 5.41) is 0. The first-order valence-electron chi connectivity index (χ1n) is 5.68. The van der Waals surface area contributed by atoms with E-state index in [0.717, 1.165) is 37.4 Å². The summed E-state index contributed by atoms with van der Waals surface area (Å²) >= 11 is 0. The monoisotopic (exact) mass is 230 g/mol. The smallest absolute Gasteiger partial charge is 0.0873 e. The first-order chi connectivity index (χ1) is 7.08. The quantitative estimate of drug-likeness (QED) is 0.518. The molecule has 0 aromatic heterocycles. The molecule has 0 bridgehead atoms. The average Bonchev–Trinajstić information content (AvgIpc) is 2.13. The van der Waals surface area contributed by atoms with E-state index in [4.69, 9.17) is 4.74 Å². The maximum atomic E-state index is 11.1. The lowest BCUT2D eigenvalue weighted by Crippen LogP contribution is -2.44. The van der Waals surface area contributed by atoms with E-state index in [2.05, 4.69) is 6.92 Å². The van der Waals surface area contributed by atoms with Crippen LogP contribution in [0.3, 0.4) is 0 Å². The fourth-order valence-electron chi connectivity index (χ4n) is 1.92. The van der Waals surface area contributed by atoms with E-state index in [1.54, 1.807) is 0 Å². The Kier molecular flexibility index (Phi) is 4.84. The first-order valence-corrected chi connectivity index (χ1v) is 7.17. The van der Waals surface area contributed by atoms with Gasteiger partial charge in [-0.05, 0) is 44.1 Å². The van der Waals surface area contributed by atoms with Gasteiger partial charge < -0.3 is 4.74 Å². The third kappa shape index (κ3) is 3.98. The van der Waals surface area contributed by atoms with Crippen molar-refractivity contribution in [1.29, 1.82) is 0 Å². The summed E-state index contributed by atoms with van der Waals surface area (Å²) in [6.45, 7) is 7.05. The number of allylic oxidation sites excluding steroid dienone is 1. The zero-order chi connectivity index (χ0) is 11.3. The van der Waals surface area contributed by atoms with Gasteiger partial charge in [0.2, 0.25) is 0 Å². The second-order valence-electron chi connectivity index (χ2n) is 4.75. The summed E-state index contributed by atoms with van der Waals surface area (Å²) in [6, 6.07) is 0. The molecule has 0 spiro atoms. The highest BCUT2D eigenvalue weighted by molar-refractivity contribution is 7.86. The predicted octanol–water partition coefficient (Wildman–Crippen LogP) is 2.87. The van der Waals surface area contributed by atoms with Crippen molar-refractivity contribution in [3.8, 4) is 0 Å². The Labute approximate surface area is 95.5 Å². The molecule has 0 unspecified atom stereocenters. The van der Waals surface area contributed by atoms with Crippen LogP contribution < -0.4 is 0 Å².